The minimum absolute atomic E-state index is 0. The van der Waals surface area contributed by atoms with Crippen LogP contribution in [0.5, 0.6) is 0 Å². The van der Waals surface area contributed by atoms with Crippen LogP contribution in [0.1, 0.15) is 52.9 Å². The van der Waals surface area contributed by atoms with Gasteiger partial charge in [0.2, 0.25) is 0 Å². The van der Waals surface area contributed by atoms with Gasteiger partial charge in [0.15, 0.2) is 5.96 Å². The first-order valence-electron chi connectivity index (χ1n) is 8.28. The lowest BCUT2D eigenvalue weighted by Gasteiger charge is -2.17. The van der Waals surface area contributed by atoms with Crippen molar-refractivity contribution in [2.24, 2.45) is 22.7 Å². The van der Waals surface area contributed by atoms with Crippen LogP contribution in [-0.2, 0) is 0 Å². The van der Waals surface area contributed by atoms with Crippen LogP contribution in [0, 0.1) is 17.8 Å². The monoisotopic (exact) mass is 411 g/mol. The van der Waals surface area contributed by atoms with E-state index in [-0.39, 0.29) is 30.6 Å². The largest absolute Gasteiger partial charge is 0.396 e. The van der Waals surface area contributed by atoms with E-state index in [9.17, 15) is 0 Å². The van der Waals surface area contributed by atoms with Crippen molar-refractivity contribution in [3.8, 4) is 0 Å². The molecule has 0 aromatic heterocycles. The van der Waals surface area contributed by atoms with Crippen molar-refractivity contribution in [2.75, 3.05) is 26.2 Å². The van der Waals surface area contributed by atoms with Gasteiger partial charge in [-0.2, -0.15) is 0 Å². The molecule has 4 nitrogen and oxygen atoms in total. The minimum atomic E-state index is 0. The minimum Gasteiger partial charge on any atom is -0.396 e. The summed E-state index contributed by atoms with van der Waals surface area (Å²) in [7, 11) is 0. The van der Waals surface area contributed by atoms with E-state index in [1.165, 1.54) is 19.3 Å². The van der Waals surface area contributed by atoms with E-state index in [1.54, 1.807) is 0 Å². The predicted molar refractivity (Wildman–Crippen MR) is 101 cm³/mol. The maximum absolute atomic E-state index is 9.15. The lowest BCUT2D eigenvalue weighted by Crippen LogP contribution is -2.38. The molecule has 126 valence electrons. The van der Waals surface area contributed by atoms with Gasteiger partial charge in [-0.15, -0.1) is 24.0 Å². The highest BCUT2D eigenvalue weighted by atomic mass is 127. The molecule has 1 unspecified atom stereocenters. The molecule has 0 bridgehead atoms. The number of aliphatic hydroxyl groups excluding tert-OH is 1. The second-order valence-corrected chi connectivity index (χ2v) is 6.39. The molecule has 3 N–H and O–H groups in total. The first-order valence-corrected chi connectivity index (χ1v) is 8.28. The molecule has 0 amide bonds. The fourth-order valence-corrected chi connectivity index (χ4v) is 2.50. The Morgan fingerprint density at radius 2 is 2.00 bits per heavy atom. The molecular formula is C16H34IN3O. The number of aliphatic imine (C=N–C) groups is 1. The number of aliphatic hydroxyl groups is 1. The number of halogens is 1. The molecule has 1 saturated carbocycles. The second-order valence-electron chi connectivity index (χ2n) is 6.39. The summed E-state index contributed by atoms with van der Waals surface area (Å²) >= 11 is 0. The zero-order chi connectivity index (χ0) is 14.8. The third-order valence-corrected chi connectivity index (χ3v) is 3.74. The van der Waals surface area contributed by atoms with Crippen molar-refractivity contribution >= 4 is 29.9 Å². The first kappa shape index (κ1) is 21.0. The maximum Gasteiger partial charge on any atom is 0.191 e. The van der Waals surface area contributed by atoms with Crippen molar-refractivity contribution in [1.82, 2.24) is 10.6 Å². The van der Waals surface area contributed by atoms with E-state index in [0.29, 0.717) is 11.8 Å². The molecular weight excluding hydrogens is 377 g/mol. The van der Waals surface area contributed by atoms with Gasteiger partial charge in [-0.05, 0) is 43.9 Å². The third kappa shape index (κ3) is 11.2. The Labute approximate surface area is 147 Å². The van der Waals surface area contributed by atoms with Gasteiger partial charge in [-0.1, -0.05) is 26.7 Å². The number of nitrogens with zero attached hydrogens (tertiary/aromatic N) is 1. The summed E-state index contributed by atoms with van der Waals surface area (Å²) in [5.41, 5.74) is 0. The van der Waals surface area contributed by atoms with E-state index in [1.807, 2.05) is 0 Å². The molecule has 0 aliphatic heterocycles. The Kier molecular flexibility index (Phi) is 12.5. The smallest absolute Gasteiger partial charge is 0.191 e. The van der Waals surface area contributed by atoms with Crippen LogP contribution in [-0.4, -0.2) is 37.3 Å². The molecule has 0 saturated heterocycles. The molecule has 1 atom stereocenters. The fourth-order valence-electron chi connectivity index (χ4n) is 2.50. The number of nitrogens with one attached hydrogen (secondary N) is 2. The van der Waals surface area contributed by atoms with Crippen molar-refractivity contribution < 1.29 is 5.11 Å². The highest BCUT2D eigenvalue weighted by Gasteiger charge is 2.20. The molecule has 0 radical (unpaired) electrons. The normalized spacial score (nSPS) is 16.5. The summed E-state index contributed by atoms with van der Waals surface area (Å²) in [6.45, 7) is 9.53. The molecule has 0 aromatic carbocycles. The molecule has 5 heteroatoms. The Balaban J connectivity index is 0.00000400. The fraction of sp³-hybridized carbons (Fsp3) is 0.938. The zero-order valence-corrected chi connectivity index (χ0v) is 16.2. The number of hydrogen-bond acceptors (Lipinski definition) is 2. The first-order chi connectivity index (χ1) is 9.65. The quantitative estimate of drug-likeness (QED) is 0.294. The van der Waals surface area contributed by atoms with Crippen LogP contribution in [0.4, 0.5) is 0 Å². The lowest BCUT2D eigenvalue weighted by molar-refractivity contribution is 0.245. The predicted octanol–water partition coefficient (Wildman–Crippen LogP) is 3.00. The average molecular weight is 411 g/mol. The van der Waals surface area contributed by atoms with E-state index < -0.39 is 0 Å². The van der Waals surface area contributed by atoms with Crippen molar-refractivity contribution in [2.45, 2.75) is 52.9 Å². The Morgan fingerprint density at radius 3 is 2.52 bits per heavy atom. The number of guanidine groups is 1. The second kappa shape index (κ2) is 12.5. The van der Waals surface area contributed by atoms with Gasteiger partial charge in [-0.25, -0.2) is 0 Å². The summed E-state index contributed by atoms with van der Waals surface area (Å²) in [4.78, 5) is 4.69. The van der Waals surface area contributed by atoms with Gasteiger partial charge in [0.25, 0.3) is 0 Å². The van der Waals surface area contributed by atoms with Crippen LogP contribution in [0.15, 0.2) is 4.99 Å². The van der Waals surface area contributed by atoms with Gasteiger partial charge in [-0.3, -0.25) is 4.99 Å². The van der Waals surface area contributed by atoms with Crippen LogP contribution in [0.2, 0.25) is 0 Å². The van der Waals surface area contributed by atoms with Crippen LogP contribution < -0.4 is 10.6 Å². The number of rotatable bonds is 10. The van der Waals surface area contributed by atoms with Crippen molar-refractivity contribution in [1.29, 1.82) is 0 Å². The zero-order valence-electron chi connectivity index (χ0n) is 13.9. The molecule has 1 rings (SSSR count). The van der Waals surface area contributed by atoms with Crippen LogP contribution >= 0.6 is 24.0 Å². The van der Waals surface area contributed by atoms with Gasteiger partial charge in [0, 0.05) is 26.2 Å². The topological polar surface area (TPSA) is 56.7 Å². The standard InChI is InChI=1S/C16H33N3O.HI/c1-4-17-16(18-9-7-14-5-6-14)19-12-15(8-10-20)11-13(2)3;/h13-15,20H,4-12H2,1-3H3,(H2,17,18,19);1H. The molecule has 0 aromatic rings. The van der Waals surface area contributed by atoms with Gasteiger partial charge in [0.05, 0.1) is 0 Å². The average Bonchev–Trinajstić information content (AvgIpc) is 3.19. The van der Waals surface area contributed by atoms with Crippen molar-refractivity contribution in [3.05, 3.63) is 0 Å². The lowest BCUT2D eigenvalue weighted by atomic mass is 9.94. The van der Waals surface area contributed by atoms with E-state index in [4.69, 9.17) is 5.11 Å². The van der Waals surface area contributed by atoms with Crippen LogP contribution in [0.25, 0.3) is 0 Å². The Morgan fingerprint density at radius 1 is 1.29 bits per heavy atom. The van der Waals surface area contributed by atoms with Crippen molar-refractivity contribution in [3.63, 3.8) is 0 Å². The SMILES string of the molecule is CCNC(=NCC(CCO)CC(C)C)NCCC1CC1.I. The highest BCUT2D eigenvalue weighted by Crippen LogP contribution is 2.31. The number of hydrogen-bond donors (Lipinski definition) is 3. The summed E-state index contributed by atoms with van der Waals surface area (Å²) in [5, 5.41) is 15.9. The Hall–Kier alpha value is -0.0400. The third-order valence-electron chi connectivity index (χ3n) is 3.74. The van der Waals surface area contributed by atoms with Gasteiger partial charge >= 0.3 is 0 Å². The Bertz CT molecular complexity index is 281. The summed E-state index contributed by atoms with van der Waals surface area (Å²) < 4.78 is 0. The van der Waals surface area contributed by atoms with E-state index in [0.717, 1.165) is 44.4 Å². The molecule has 0 spiro atoms. The van der Waals surface area contributed by atoms with E-state index in [2.05, 4.69) is 36.4 Å². The summed E-state index contributed by atoms with van der Waals surface area (Å²) in [6.07, 6.45) is 6.05. The highest BCUT2D eigenvalue weighted by molar-refractivity contribution is 14.0. The summed E-state index contributed by atoms with van der Waals surface area (Å²) in [5.74, 6) is 3.03. The molecule has 21 heavy (non-hydrogen) atoms. The molecule has 1 fully saturated rings. The molecule has 0 heterocycles. The molecule has 1 aliphatic rings. The van der Waals surface area contributed by atoms with Gasteiger partial charge in [0.1, 0.15) is 0 Å². The summed E-state index contributed by atoms with van der Waals surface area (Å²) in [6, 6.07) is 0. The molecule has 1 aliphatic carbocycles. The maximum atomic E-state index is 9.15. The van der Waals surface area contributed by atoms with E-state index >= 15 is 0 Å². The van der Waals surface area contributed by atoms with Crippen LogP contribution in [0.3, 0.4) is 0 Å². The van der Waals surface area contributed by atoms with Gasteiger partial charge < -0.3 is 15.7 Å².